The number of nitrogens with one attached hydrogen (secondary N) is 1. The molecule has 20 heavy (non-hydrogen) atoms. The van der Waals surface area contributed by atoms with Gasteiger partial charge < -0.3 is 10.1 Å². The molecule has 1 atom stereocenters. The van der Waals surface area contributed by atoms with Crippen LogP contribution in [0.25, 0.3) is 11.0 Å². The lowest BCUT2D eigenvalue weighted by Crippen LogP contribution is -2.35. The molecule has 2 aromatic rings. The average molecular weight is 282 g/mol. The molecule has 0 fully saturated rings. The summed E-state index contributed by atoms with van der Waals surface area (Å²) in [5, 5.41) is 9.36. The normalized spacial score (nSPS) is 14.7. The molecule has 0 spiro atoms. The molecule has 0 bridgehead atoms. The minimum Gasteiger partial charge on any atom is -0.481 e. The van der Waals surface area contributed by atoms with Crippen LogP contribution >= 0.6 is 0 Å². The van der Waals surface area contributed by atoms with Crippen molar-refractivity contribution in [3.05, 3.63) is 29.6 Å². The van der Waals surface area contributed by atoms with Gasteiger partial charge in [0, 0.05) is 12.5 Å². The molecule has 0 aliphatic heterocycles. The number of aromatic nitrogens is 2. The van der Waals surface area contributed by atoms with Gasteiger partial charge in [0.1, 0.15) is 17.2 Å². The van der Waals surface area contributed by atoms with Crippen LogP contribution in [0.5, 0.6) is 0 Å². The molecule has 0 aliphatic carbocycles. The second-order valence-electron chi connectivity index (χ2n) is 5.52. The van der Waals surface area contributed by atoms with Crippen molar-refractivity contribution >= 4 is 17.0 Å². The quantitative estimate of drug-likeness (QED) is 0.905. The number of benzene rings is 1. The molecule has 0 saturated heterocycles. The second-order valence-corrected chi connectivity index (χ2v) is 5.52. The predicted octanol–water partition coefficient (Wildman–Crippen LogP) is 3.13. The Labute approximate surface area is 114 Å². The van der Waals surface area contributed by atoms with Crippen molar-refractivity contribution in [2.24, 2.45) is 11.3 Å². The van der Waals surface area contributed by atoms with E-state index in [4.69, 9.17) is 0 Å². The number of halogens is 2. The van der Waals surface area contributed by atoms with Gasteiger partial charge in [0.25, 0.3) is 0 Å². The molecule has 2 rings (SSSR count). The number of carboxylic acids is 1. The van der Waals surface area contributed by atoms with E-state index in [0.717, 1.165) is 12.1 Å². The van der Waals surface area contributed by atoms with Gasteiger partial charge in [0.15, 0.2) is 5.82 Å². The van der Waals surface area contributed by atoms with Crippen LogP contribution < -0.4 is 0 Å². The number of rotatable bonds is 4. The number of aliphatic carboxylic acids is 1. The van der Waals surface area contributed by atoms with Crippen molar-refractivity contribution in [3.8, 4) is 0 Å². The maximum absolute atomic E-state index is 13.6. The first-order chi connectivity index (χ1) is 9.24. The van der Waals surface area contributed by atoms with Gasteiger partial charge in [0.05, 0.1) is 10.9 Å². The van der Waals surface area contributed by atoms with Gasteiger partial charge in [-0.1, -0.05) is 13.8 Å². The van der Waals surface area contributed by atoms with Crippen LogP contribution in [0.3, 0.4) is 0 Å². The zero-order chi connectivity index (χ0) is 15.1. The van der Waals surface area contributed by atoms with Crippen molar-refractivity contribution in [2.45, 2.75) is 27.2 Å². The van der Waals surface area contributed by atoms with E-state index >= 15 is 0 Å². The number of hydrogen-bond acceptors (Lipinski definition) is 2. The fraction of sp³-hybridized carbons (Fsp3) is 0.429. The Bertz CT molecular complexity index is 666. The van der Waals surface area contributed by atoms with E-state index in [9.17, 15) is 18.7 Å². The van der Waals surface area contributed by atoms with E-state index in [1.807, 2.05) is 0 Å². The first-order valence-corrected chi connectivity index (χ1v) is 6.31. The third-order valence-electron chi connectivity index (χ3n) is 3.85. The number of H-pyrrole nitrogens is 1. The smallest absolute Gasteiger partial charge is 0.310 e. The summed E-state index contributed by atoms with van der Waals surface area (Å²) >= 11 is 0. The molecular formula is C14H16F2N2O2. The molecule has 1 unspecified atom stereocenters. The van der Waals surface area contributed by atoms with E-state index in [0.29, 0.717) is 5.82 Å². The molecule has 0 radical (unpaired) electrons. The van der Waals surface area contributed by atoms with Crippen LogP contribution in [-0.2, 0) is 11.2 Å². The molecule has 1 aromatic heterocycles. The third kappa shape index (κ3) is 2.37. The van der Waals surface area contributed by atoms with Crippen LogP contribution in [0, 0.1) is 23.0 Å². The number of hydrogen-bond donors (Lipinski definition) is 2. The highest BCUT2D eigenvalue weighted by Crippen LogP contribution is 2.31. The highest BCUT2D eigenvalue weighted by molar-refractivity contribution is 5.77. The van der Waals surface area contributed by atoms with Crippen molar-refractivity contribution in [1.29, 1.82) is 0 Å². The van der Waals surface area contributed by atoms with E-state index in [-0.39, 0.29) is 23.4 Å². The molecule has 108 valence electrons. The fourth-order valence-corrected chi connectivity index (χ4v) is 2.05. The van der Waals surface area contributed by atoms with E-state index in [2.05, 4.69) is 9.97 Å². The van der Waals surface area contributed by atoms with Gasteiger partial charge in [-0.15, -0.1) is 0 Å². The summed E-state index contributed by atoms with van der Waals surface area (Å²) in [6.45, 7) is 5.22. The molecule has 1 aromatic carbocycles. The third-order valence-corrected chi connectivity index (χ3v) is 3.85. The molecule has 4 nitrogen and oxygen atoms in total. The van der Waals surface area contributed by atoms with Crippen LogP contribution in [0.1, 0.15) is 26.6 Å². The summed E-state index contributed by atoms with van der Waals surface area (Å²) in [6, 6.07) is 1.90. The Balaban J connectivity index is 2.44. The lowest BCUT2D eigenvalue weighted by atomic mass is 9.76. The van der Waals surface area contributed by atoms with Crippen LogP contribution in [0.2, 0.25) is 0 Å². The molecule has 0 saturated carbocycles. The van der Waals surface area contributed by atoms with Crippen LogP contribution in [-0.4, -0.2) is 21.0 Å². The minimum atomic E-state index is -1.02. The zero-order valence-corrected chi connectivity index (χ0v) is 11.5. The van der Waals surface area contributed by atoms with E-state index < -0.39 is 23.0 Å². The van der Waals surface area contributed by atoms with Gasteiger partial charge >= 0.3 is 5.97 Å². The lowest BCUT2D eigenvalue weighted by Gasteiger charge is -2.27. The van der Waals surface area contributed by atoms with Crippen molar-refractivity contribution in [3.63, 3.8) is 0 Å². The first kappa shape index (κ1) is 14.4. The summed E-state index contributed by atoms with van der Waals surface area (Å²) in [4.78, 5) is 18.3. The van der Waals surface area contributed by atoms with Crippen molar-refractivity contribution in [1.82, 2.24) is 9.97 Å². The molecule has 0 amide bonds. The summed E-state index contributed by atoms with van der Waals surface area (Å²) in [7, 11) is 0. The highest BCUT2D eigenvalue weighted by Gasteiger charge is 2.37. The van der Waals surface area contributed by atoms with E-state index in [1.165, 1.54) is 0 Å². The average Bonchev–Trinajstić information content (AvgIpc) is 2.70. The Morgan fingerprint density at radius 3 is 2.65 bits per heavy atom. The summed E-state index contributed by atoms with van der Waals surface area (Å²) in [6.07, 6.45) is 0.121. The largest absolute Gasteiger partial charge is 0.481 e. The number of fused-ring (bicyclic) bond motifs is 1. The van der Waals surface area contributed by atoms with Crippen LogP contribution in [0.4, 0.5) is 8.78 Å². The fourth-order valence-electron chi connectivity index (χ4n) is 2.05. The number of carboxylic acid groups (broad SMARTS) is 1. The number of aromatic amines is 1. The maximum atomic E-state index is 13.6. The lowest BCUT2D eigenvalue weighted by molar-refractivity contribution is -0.150. The molecular weight excluding hydrogens is 266 g/mol. The Kier molecular flexibility index (Phi) is 3.50. The van der Waals surface area contributed by atoms with Gasteiger partial charge in [0.2, 0.25) is 0 Å². The Hall–Kier alpha value is -1.98. The standard InChI is InChI=1S/C14H16F2N2O2/c1-7(2)14(3,13(19)20)6-11-17-10-5-8(15)4-9(16)12(10)18-11/h4-5,7H,6H2,1-3H3,(H,17,18)(H,19,20). The Morgan fingerprint density at radius 1 is 1.45 bits per heavy atom. The molecule has 1 heterocycles. The minimum absolute atomic E-state index is 0.0258. The zero-order valence-electron chi connectivity index (χ0n) is 11.5. The molecule has 6 heteroatoms. The summed E-state index contributed by atoms with van der Waals surface area (Å²) in [5.74, 6) is -2.20. The molecule has 0 aliphatic rings. The summed E-state index contributed by atoms with van der Waals surface area (Å²) in [5.41, 5.74) is -0.769. The number of carbonyl (C=O) groups is 1. The van der Waals surface area contributed by atoms with Gasteiger partial charge in [-0.25, -0.2) is 13.8 Å². The second kappa shape index (κ2) is 4.85. The first-order valence-electron chi connectivity index (χ1n) is 6.31. The van der Waals surface area contributed by atoms with Gasteiger partial charge in [-0.05, 0) is 18.9 Å². The maximum Gasteiger partial charge on any atom is 0.310 e. The highest BCUT2D eigenvalue weighted by atomic mass is 19.1. The van der Waals surface area contributed by atoms with Crippen molar-refractivity contribution < 1.29 is 18.7 Å². The topological polar surface area (TPSA) is 66.0 Å². The van der Waals surface area contributed by atoms with Crippen molar-refractivity contribution in [2.75, 3.05) is 0 Å². The number of nitrogens with zero attached hydrogens (tertiary/aromatic N) is 1. The monoisotopic (exact) mass is 282 g/mol. The van der Waals surface area contributed by atoms with Gasteiger partial charge in [-0.2, -0.15) is 0 Å². The Morgan fingerprint density at radius 2 is 2.10 bits per heavy atom. The number of imidazole rings is 1. The van der Waals surface area contributed by atoms with Gasteiger partial charge in [-0.3, -0.25) is 4.79 Å². The predicted molar refractivity (Wildman–Crippen MR) is 70.3 cm³/mol. The van der Waals surface area contributed by atoms with Crippen LogP contribution in [0.15, 0.2) is 12.1 Å². The SMILES string of the molecule is CC(C)C(C)(Cc1nc2c(F)cc(F)cc2[nH]1)C(=O)O. The molecule has 2 N–H and O–H groups in total. The van der Waals surface area contributed by atoms with E-state index in [1.54, 1.807) is 20.8 Å². The summed E-state index contributed by atoms with van der Waals surface area (Å²) < 4.78 is 26.7.